The fourth-order valence-electron chi connectivity index (χ4n) is 1.98. The first kappa shape index (κ1) is 14.5. The second kappa shape index (κ2) is 6.48. The van der Waals surface area contributed by atoms with Gasteiger partial charge in [-0.05, 0) is 37.5 Å². The maximum absolute atomic E-state index is 6.26. The molecule has 3 N–H and O–H groups in total. The van der Waals surface area contributed by atoms with Crippen molar-refractivity contribution >= 4 is 22.9 Å². The van der Waals surface area contributed by atoms with Crippen molar-refractivity contribution in [1.29, 1.82) is 0 Å². The van der Waals surface area contributed by atoms with Gasteiger partial charge in [0.2, 0.25) is 0 Å². The van der Waals surface area contributed by atoms with Gasteiger partial charge in [-0.15, -0.1) is 11.3 Å². The van der Waals surface area contributed by atoms with E-state index in [2.05, 4.69) is 27.9 Å². The quantitative estimate of drug-likeness (QED) is 0.658. The van der Waals surface area contributed by atoms with Gasteiger partial charge in [0.15, 0.2) is 0 Å². The van der Waals surface area contributed by atoms with E-state index >= 15 is 0 Å². The third kappa shape index (κ3) is 4.01. The first-order valence-electron chi connectivity index (χ1n) is 6.20. The van der Waals surface area contributed by atoms with Crippen LogP contribution in [0.25, 0.3) is 0 Å². The number of aryl methyl sites for hydroxylation is 2. The standard InChI is InChI=1S/C14H18ClN3S/c1-9-3-4-11(13(15)5-9)6-12(18-16)7-14-17-10(2)8-19-14/h3-5,8,12,18H,6-7,16H2,1-2H3. The lowest BCUT2D eigenvalue weighted by molar-refractivity contribution is 0.521. The molecule has 0 saturated heterocycles. The van der Waals surface area contributed by atoms with Gasteiger partial charge in [-0.25, -0.2) is 4.98 Å². The Balaban J connectivity index is 2.06. The molecule has 2 rings (SSSR count). The average Bonchev–Trinajstić information content (AvgIpc) is 2.77. The molecule has 0 saturated carbocycles. The van der Waals surface area contributed by atoms with Crippen LogP contribution in [0.2, 0.25) is 5.02 Å². The van der Waals surface area contributed by atoms with Gasteiger partial charge in [0.05, 0.1) is 5.01 Å². The Morgan fingerprint density at radius 3 is 2.74 bits per heavy atom. The number of nitrogens with two attached hydrogens (primary N) is 1. The molecule has 1 aromatic heterocycles. The van der Waals surface area contributed by atoms with Gasteiger partial charge in [0, 0.05) is 28.6 Å². The molecule has 0 aliphatic rings. The van der Waals surface area contributed by atoms with Crippen LogP contribution in [0, 0.1) is 13.8 Å². The summed E-state index contributed by atoms with van der Waals surface area (Å²) in [6.45, 7) is 4.04. The molecule has 19 heavy (non-hydrogen) atoms. The highest BCUT2D eigenvalue weighted by Crippen LogP contribution is 2.20. The first-order valence-corrected chi connectivity index (χ1v) is 7.46. The number of thiazole rings is 1. The predicted octanol–water partition coefficient (Wildman–Crippen LogP) is 3.03. The van der Waals surface area contributed by atoms with Crippen molar-refractivity contribution < 1.29 is 0 Å². The number of benzene rings is 1. The topological polar surface area (TPSA) is 50.9 Å². The van der Waals surface area contributed by atoms with E-state index in [1.807, 2.05) is 19.9 Å². The van der Waals surface area contributed by atoms with Crippen molar-refractivity contribution in [2.24, 2.45) is 5.84 Å². The van der Waals surface area contributed by atoms with Crippen LogP contribution in [-0.4, -0.2) is 11.0 Å². The lowest BCUT2D eigenvalue weighted by Crippen LogP contribution is -2.38. The zero-order valence-electron chi connectivity index (χ0n) is 11.1. The van der Waals surface area contributed by atoms with E-state index in [-0.39, 0.29) is 6.04 Å². The molecule has 1 aromatic carbocycles. The third-order valence-corrected chi connectivity index (χ3v) is 4.34. The Hall–Kier alpha value is -0.940. The van der Waals surface area contributed by atoms with Gasteiger partial charge in [0.1, 0.15) is 0 Å². The van der Waals surface area contributed by atoms with Gasteiger partial charge in [-0.1, -0.05) is 23.7 Å². The maximum atomic E-state index is 6.26. The second-order valence-corrected chi connectivity index (χ2v) is 6.10. The highest BCUT2D eigenvalue weighted by molar-refractivity contribution is 7.09. The smallest absolute Gasteiger partial charge is 0.0944 e. The molecule has 0 bridgehead atoms. The Morgan fingerprint density at radius 1 is 1.37 bits per heavy atom. The third-order valence-electron chi connectivity index (χ3n) is 3.00. The number of halogens is 1. The summed E-state index contributed by atoms with van der Waals surface area (Å²) >= 11 is 7.93. The Bertz CT molecular complexity index is 553. The molecule has 1 unspecified atom stereocenters. The SMILES string of the molecule is Cc1ccc(CC(Cc2nc(C)cs2)NN)c(Cl)c1. The first-order chi connectivity index (χ1) is 9.08. The minimum atomic E-state index is 0.144. The average molecular weight is 296 g/mol. The monoisotopic (exact) mass is 295 g/mol. The van der Waals surface area contributed by atoms with Crippen LogP contribution in [0.15, 0.2) is 23.6 Å². The van der Waals surface area contributed by atoms with E-state index < -0.39 is 0 Å². The Labute approximate surface area is 122 Å². The van der Waals surface area contributed by atoms with Gasteiger partial charge in [-0.3, -0.25) is 11.3 Å². The lowest BCUT2D eigenvalue weighted by Gasteiger charge is -2.15. The maximum Gasteiger partial charge on any atom is 0.0944 e. The minimum absolute atomic E-state index is 0.144. The Morgan fingerprint density at radius 2 is 2.16 bits per heavy atom. The number of nitrogens with zero attached hydrogens (tertiary/aromatic N) is 1. The van der Waals surface area contributed by atoms with Crippen LogP contribution in [0.5, 0.6) is 0 Å². The van der Waals surface area contributed by atoms with Crippen LogP contribution in [0.3, 0.4) is 0 Å². The molecule has 0 spiro atoms. The fraction of sp³-hybridized carbons (Fsp3) is 0.357. The van der Waals surface area contributed by atoms with Crippen molar-refractivity contribution in [1.82, 2.24) is 10.4 Å². The van der Waals surface area contributed by atoms with Crippen LogP contribution in [0.1, 0.15) is 21.8 Å². The van der Waals surface area contributed by atoms with E-state index in [1.165, 1.54) is 5.56 Å². The van der Waals surface area contributed by atoms with Gasteiger partial charge >= 0.3 is 0 Å². The van der Waals surface area contributed by atoms with E-state index in [0.717, 1.165) is 34.1 Å². The summed E-state index contributed by atoms with van der Waals surface area (Å²) in [5.41, 5.74) is 6.20. The molecule has 0 aliphatic heterocycles. The molecule has 2 aromatic rings. The lowest BCUT2D eigenvalue weighted by atomic mass is 10.0. The zero-order valence-corrected chi connectivity index (χ0v) is 12.7. The van der Waals surface area contributed by atoms with Gasteiger partial charge < -0.3 is 0 Å². The largest absolute Gasteiger partial charge is 0.271 e. The number of aromatic nitrogens is 1. The van der Waals surface area contributed by atoms with Crippen LogP contribution < -0.4 is 11.3 Å². The van der Waals surface area contributed by atoms with Crippen LogP contribution >= 0.6 is 22.9 Å². The molecule has 5 heteroatoms. The number of rotatable bonds is 5. The summed E-state index contributed by atoms with van der Waals surface area (Å²) in [5.74, 6) is 5.64. The van der Waals surface area contributed by atoms with E-state index in [4.69, 9.17) is 17.4 Å². The number of nitrogens with one attached hydrogen (secondary N) is 1. The molecule has 0 radical (unpaired) electrons. The molecule has 1 heterocycles. The summed E-state index contributed by atoms with van der Waals surface area (Å²) in [7, 11) is 0. The van der Waals surface area contributed by atoms with E-state index in [9.17, 15) is 0 Å². The fourth-order valence-corrected chi connectivity index (χ4v) is 3.15. The van der Waals surface area contributed by atoms with Crippen molar-refractivity contribution in [2.75, 3.05) is 0 Å². The van der Waals surface area contributed by atoms with Gasteiger partial charge in [0.25, 0.3) is 0 Å². The van der Waals surface area contributed by atoms with E-state index in [1.54, 1.807) is 11.3 Å². The molecular formula is C14H18ClN3S. The minimum Gasteiger partial charge on any atom is -0.271 e. The van der Waals surface area contributed by atoms with Crippen molar-refractivity contribution in [3.05, 3.63) is 50.4 Å². The molecule has 3 nitrogen and oxygen atoms in total. The molecule has 0 aliphatic carbocycles. The second-order valence-electron chi connectivity index (χ2n) is 4.75. The summed E-state index contributed by atoms with van der Waals surface area (Å²) < 4.78 is 0. The molecule has 102 valence electrons. The van der Waals surface area contributed by atoms with Crippen LogP contribution in [0.4, 0.5) is 0 Å². The van der Waals surface area contributed by atoms with E-state index in [0.29, 0.717) is 0 Å². The van der Waals surface area contributed by atoms with Crippen molar-refractivity contribution in [2.45, 2.75) is 32.7 Å². The highest BCUT2D eigenvalue weighted by atomic mass is 35.5. The summed E-state index contributed by atoms with van der Waals surface area (Å²) in [6.07, 6.45) is 1.62. The molecule has 0 fully saturated rings. The number of hydrazine groups is 1. The molecular weight excluding hydrogens is 278 g/mol. The number of hydrogen-bond acceptors (Lipinski definition) is 4. The van der Waals surface area contributed by atoms with Crippen molar-refractivity contribution in [3.63, 3.8) is 0 Å². The molecule has 1 atom stereocenters. The summed E-state index contributed by atoms with van der Waals surface area (Å²) in [6, 6.07) is 6.26. The summed E-state index contributed by atoms with van der Waals surface area (Å²) in [5, 5.41) is 3.96. The highest BCUT2D eigenvalue weighted by Gasteiger charge is 2.13. The van der Waals surface area contributed by atoms with Gasteiger partial charge in [-0.2, -0.15) is 0 Å². The molecule has 0 amide bonds. The number of hydrogen-bond donors (Lipinski definition) is 2. The normalized spacial score (nSPS) is 12.6. The predicted molar refractivity (Wildman–Crippen MR) is 81.6 cm³/mol. The van der Waals surface area contributed by atoms with Crippen molar-refractivity contribution in [3.8, 4) is 0 Å². The zero-order chi connectivity index (χ0) is 13.8. The Kier molecular flexibility index (Phi) is 4.93. The van der Waals surface area contributed by atoms with Crippen LogP contribution in [-0.2, 0) is 12.8 Å². The summed E-state index contributed by atoms with van der Waals surface area (Å²) in [4.78, 5) is 4.47.